The fourth-order valence-corrected chi connectivity index (χ4v) is 1.93. The number of Topliss-reactive ketones (excluding diaryl/α,β-unsaturated/α-hetero) is 1. The lowest BCUT2D eigenvalue weighted by molar-refractivity contribution is -0.118. The Balaban J connectivity index is 2.06. The van der Waals surface area contributed by atoms with Crippen molar-refractivity contribution in [1.29, 1.82) is 0 Å². The number of hydrogen-bond acceptors (Lipinski definition) is 2. The quantitative estimate of drug-likeness (QED) is 0.756. The zero-order valence-corrected chi connectivity index (χ0v) is 10.1. The number of aryl methyl sites for hydroxylation is 1. The Labute approximate surface area is 97.3 Å². The van der Waals surface area contributed by atoms with E-state index in [4.69, 9.17) is 0 Å². The van der Waals surface area contributed by atoms with E-state index < -0.39 is 0 Å². The van der Waals surface area contributed by atoms with Crippen molar-refractivity contribution < 1.29 is 4.79 Å². The number of ketones is 1. The fourth-order valence-electron chi connectivity index (χ4n) is 1.93. The molecule has 2 rings (SSSR count). The summed E-state index contributed by atoms with van der Waals surface area (Å²) < 4.78 is 0. The fraction of sp³-hybridized carbons (Fsp3) is 0.500. The first-order chi connectivity index (χ1) is 7.70. The first-order valence-electron chi connectivity index (χ1n) is 6.05. The molecule has 1 aromatic rings. The lowest BCUT2D eigenvalue weighted by Crippen LogP contribution is -2.30. The number of benzene rings is 1. The minimum Gasteiger partial charge on any atom is -0.364 e. The van der Waals surface area contributed by atoms with Gasteiger partial charge in [0.2, 0.25) is 0 Å². The van der Waals surface area contributed by atoms with E-state index in [0.717, 1.165) is 25.1 Å². The molecular formula is C14H19NO. The van der Waals surface area contributed by atoms with Gasteiger partial charge in [-0.25, -0.2) is 0 Å². The highest BCUT2D eigenvalue weighted by atomic mass is 16.1. The maximum Gasteiger partial charge on any atom is 0.155 e. The van der Waals surface area contributed by atoms with Crippen LogP contribution < -0.4 is 4.90 Å². The molecule has 1 saturated carbocycles. The Morgan fingerprint density at radius 2 is 2.19 bits per heavy atom. The Bertz CT molecular complexity index is 382. The molecule has 1 aromatic carbocycles. The number of carbonyl (C=O) groups is 1. The highest BCUT2D eigenvalue weighted by molar-refractivity contribution is 5.87. The zero-order chi connectivity index (χ0) is 11.5. The molecule has 1 aliphatic rings. The lowest BCUT2D eigenvalue weighted by Gasteiger charge is -2.22. The van der Waals surface area contributed by atoms with Crippen LogP contribution in [0.15, 0.2) is 24.3 Å². The van der Waals surface area contributed by atoms with Gasteiger partial charge >= 0.3 is 0 Å². The summed E-state index contributed by atoms with van der Waals surface area (Å²) in [7, 11) is 0. The number of nitrogens with zero attached hydrogens (tertiary/aromatic N) is 1. The smallest absolute Gasteiger partial charge is 0.155 e. The van der Waals surface area contributed by atoms with Gasteiger partial charge in [-0.15, -0.1) is 0 Å². The number of anilines is 1. The zero-order valence-electron chi connectivity index (χ0n) is 10.1. The molecule has 0 N–H and O–H groups in total. The summed E-state index contributed by atoms with van der Waals surface area (Å²) in [6.07, 6.45) is 2.20. The Kier molecular flexibility index (Phi) is 3.28. The molecule has 0 amide bonds. The predicted molar refractivity (Wildman–Crippen MR) is 66.8 cm³/mol. The molecular weight excluding hydrogens is 198 g/mol. The Morgan fingerprint density at radius 1 is 1.44 bits per heavy atom. The molecule has 0 saturated heterocycles. The largest absolute Gasteiger partial charge is 0.364 e. The van der Waals surface area contributed by atoms with E-state index in [1.165, 1.54) is 5.56 Å². The molecule has 1 aliphatic carbocycles. The molecule has 86 valence electrons. The second-order valence-electron chi connectivity index (χ2n) is 4.59. The molecule has 16 heavy (non-hydrogen) atoms. The van der Waals surface area contributed by atoms with E-state index in [2.05, 4.69) is 43.0 Å². The van der Waals surface area contributed by atoms with Gasteiger partial charge in [-0.3, -0.25) is 4.79 Å². The first-order valence-corrected chi connectivity index (χ1v) is 6.05. The van der Waals surface area contributed by atoms with Gasteiger partial charge in [-0.2, -0.15) is 0 Å². The van der Waals surface area contributed by atoms with E-state index in [-0.39, 0.29) is 0 Å². The molecule has 0 unspecified atom stereocenters. The molecule has 0 radical (unpaired) electrons. The van der Waals surface area contributed by atoms with Crippen molar-refractivity contribution in [3.8, 4) is 0 Å². The van der Waals surface area contributed by atoms with Crippen LogP contribution in [0.25, 0.3) is 0 Å². The van der Waals surface area contributed by atoms with Crippen LogP contribution >= 0.6 is 0 Å². The molecule has 0 aromatic heterocycles. The minimum atomic E-state index is 0.360. The highest BCUT2D eigenvalue weighted by Crippen LogP contribution is 2.30. The topological polar surface area (TPSA) is 20.3 Å². The summed E-state index contributed by atoms with van der Waals surface area (Å²) >= 11 is 0. The van der Waals surface area contributed by atoms with Gasteiger partial charge in [0, 0.05) is 18.2 Å². The molecule has 0 bridgehead atoms. The highest BCUT2D eigenvalue weighted by Gasteiger charge is 2.30. The lowest BCUT2D eigenvalue weighted by atomic mass is 10.2. The Hall–Kier alpha value is -1.31. The molecule has 0 spiro atoms. The molecule has 1 fully saturated rings. The van der Waals surface area contributed by atoms with E-state index >= 15 is 0 Å². The molecule has 2 heteroatoms. The van der Waals surface area contributed by atoms with Crippen molar-refractivity contribution in [3.05, 3.63) is 29.8 Å². The average Bonchev–Trinajstić information content (AvgIpc) is 3.09. The summed E-state index contributed by atoms with van der Waals surface area (Å²) in [5.74, 6) is 0.766. The van der Waals surface area contributed by atoms with Crippen LogP contribution in [0.3, 0.4) is 0 Å². The number of likely N-dealkylation sites (N-methyl/N-ethyl adjacent to an activating group) is 1. The van der Waals surface area contributed by atoms with Crippen molar-refractivity contribution in [2.24, 2.45) is 5.92 Å². The van der Waals surface area contributed by atoms with Crippen molar-refractivity contribution in [3.63, 3.8) is 0 Å². The third kappa shape index (κ3) is 2.63. The van der Waals surface area contributed by atoms with Crippen LogP contribution in [0.1, 0.15) is 25.3 Å². The van der Waals surface area contributed by atoms with Crippen LogP contribution in [0.2, 0.25) is 0 Å². The third-order valence-electron chi connectivity index (χ3n) is 3.13. The SMILES string of the molecule is CCN(CC(=O)C1CC1)c1cccc(C)c1. The summed E-state index contributed by atoms with van der Waals surface area (Å²) in [4.78, 5) is 14.0. The van der Waals surface area contributed by atoms with E-state index in [1.54, 1.807) is 0 Å². The maximum absolute atomic E-state index is 11.8. The number of rotatable bonds is 5. The average molecular weight is 217 g/mol. The van der Waals surface area contributed by atoms with Crippen molar-refractivity contribution >= 4 is 11.5 Å². The molecule has 0 aliphatic heterocycles. The van der Waals surface area contributed by atoms with Gasteiger partial charge < -0.3 is 4.90 Å². The van der Waals surface area contributed by atoms with Gasteiger partial charge in [0.25, 0.3) is 0 Å². The predicted octanol–water partition coefficient (Wildman–Crippen LogP) is 2.80. The van der Waals surface area contributed by atoms with Crippen molar-refractivity contribution in [1.82, 2.24) is 0 Å². The summed E-state index contributed by atoms with van der Waals surface area (Å²) in [6, 6.07) is 8.36. The van der Waals surface area contributed by atoms with Gasteiger partial charge in [0.15, 0.2) is 5.78 Å². The summed E-state index contributed by atoms with van der Waals surface area (Å²) in [6.45, 7) is 5.65. The van der Waals surface area contributed by atoms with E-state index in [1.807, 2.05) is 0 Å². The van der Waals surface area contributed by atoms with Crippen LogP contribution in [0.4, 0.5) is 5.69 Å². The van der Waals surface area contributed by atoms with Crippen LogP contribution in [0, 0.1) is 12.8 Å². The van der Waals surface area contributed by atoms with Crippen molar-refractivity contribution in [2.75, 3.05) is 18.0 Å². The summed E-state index contributed by atoms with van der Waals surface area (Å²) in [5.41, 5.74) is 2.41. The van der Waals surface area contributed by atoms with Gasteiger partial charge in [0.05, 0.1) is 6.54 Å². The van der Waals surface area contributed by atoms with Crippen LogP contribution in [0.5, 0.6) is 0 Å². The van der Waals surface area contributed by atoms with Gasteiger partial charge in [0.1, 0.15) is 0 Å². The maximum atomic E-state index is 11.8. The van der Waals surface area contributed by atoms with Crippen LogP contribution in [-0.4, -0.2) is 18.9 Å². The third-order valence-corrected chi connectivity index (χ3v) is 3.13. The van der Waals surface area contributed by atoms with Crippen LogP contribution in [-0.2, 0) is 4.79 Å². The standard InChI is InChI=1S/C14H19NO/c1-3-15(10-14(16)12-7-8-12)13-6-4-5-11(2)9-13/h4-6,9,12H,3,7-8,10H2,1-2H3. The van der Waals surface area contributed by atoms with Crippen molar-refractivity contribution in [2.45, 2.75) is 26.7 Å². The molecule has 0 atom stereocenters. The van der Waals surface area contributed by atoms with Gasteiger partial charge in [-0.05, 0) is 44.4 Å². The number of carbonyl (C=O) groups excluding carboxylic acids is 1. The number of hydrogen-bond donors (Lipinski definition) is 0. The van der Waals surface area contributed by atoms with Gasteiger partial charge in [-0.1, -0.05) is 12.1 Å². The summed E-state index contributed by atoms with van der Waals surface area (Å²) in [5, 5.41) is 0. The van der Waals surface area contributed by atoms with E-state index in [9.17, 15) is 4.79 Å². The first kappa shape index (κ1) is 11.2. The molecule has 0 heterocycles. The monoisotopic (exact) mass is 217 g/mol. The second kappa shape index (κ2) is 4.69. The van der Waals surface area contributed by atoms with E-state index in [0.29, 0.717) is 18.2 Å². The Morgan fingerprint density at radius 3 is 2.75 bits per heavy atom. The molecule has 2 nitrogen and oxygen atoms in total. The second-order valence-corrected chi connectivity index (χ2v) is 4.59. The minimum absolute atomic E-state index is 0.360. The normalized spacial score (nSPS) is 14.9.